The molecule has 0 aromatic rings. The minimum Gasteiger partial charge on any atom is -0.357 e. The summed E-state index contributed by atoms with van der Waals surface area (Å²) in [6.45, 7) is 12.6. The standard InChI is InChI=1S/C17H34N4O2S/c1-5-18-16(20-15-8-10-24(22,23)12-15)19-13-17(3,4)21-9-6-7-14(2)11-21/h14-15H,5-13H2,1-4H3,(H2,18,19,20). The van der Waals surface area contributed by atoms with Crippen LogP contribution in [0.4, 0.5) is 0 Å². The zero-order chi connectivity index (χ0) is 17.8. The van der Waals surface area contributed by atoms with Gasteiger partial charge in [-0.15, -0.1) is 0 Å². The van der Waals surface area contributed by atoms with Gasteiger partial charge in [0.05, 0.1) is 18.1 Å². The Labute approximate surface area is 147 Å². The van der Waals surface area contributed by atoms with Crippen LogP contribution in [0.2, 0.25) is 0 Å². The van der Waals surface area contributed by atoms with Crippen molar-refractivity contribution in [2.24, 2.45) is 10.9 Å². The molecule has 2 fully saturated rings. The molecule has 2 heterocycles. The highest BCUT2D eigenvalue weighted by atomic mass is 32.2. The molecule has 0 amide bonds. The molecule has 0 bridgehead atoms. The summed E-state index contributed by atoms with van der Waals surface area (Å²) < 4.78 is 23.3. The summed E-state index contributed by atoms with van der Waals surface area (Å²) in [4.78, 5) is 7.29. The molecule has 24 heavy (non-hydrogen) atoms. The van der Waals surface area contributed by atoms with Gasteiger partial charge in [-0.3, -0.25) is 9.89 Å². The average molecular weight is 359 g/mol. The van der Waals surface area contributed by atoms with Gasteiger partial charge in [0.15, 0.2) is 15.8 Å². The fourth-order valence-electron chi connectivity index (χ4n) is 3.53. The highest BCUT2D eigenvalue weighted by Gasteiger charge is 2.31. The van der Waals surface area contributed by atoms with E-state index in [1.165, 1.54) is 12.8 Å². The Bertz CT molecular complexity index is 545. The number of nitrogens with zero attached hydrogens (tertiary/aromatic N) is 2. The average Bonchev–Trinajstić information content (AvgIpc) is 2.84. The van der Waals surface area contributed by atoms with E-state index in [-0.39, 0.29) is 23.1 Å². The third-order valence-electron chi connectivity index (χ3n) is 5.05. The topological polar surface area (TPSA) is 73.8 Å². The second kappa shape index (κ2) is 8.04. The maximum absolute atomic E-state index is 11.6. The van der Waals surface area contributed by atoms with E-state index in [2.05, 4.69) is 36.3 Å². The molecular formula is C17H34N4O2S. The van der Waals surface area contributed by atoms with Gasteiger partial charge in [-0.25, -0.2) is 8.42 Å². The lowest BCUT2D eigenvalue weighted by atomic mass is 9.94. The van der Waals surface area contributed by atoms with Gasteiger partial charge < -0.3 is 10.6 Å². The van der Waals surface area contributed by atoms with E-state index < -0.39 is 9.84 Å². The maximum atomic E-state index is 11.6. The van der Waals surface area contributed by atoms with Crippen LogP contribution in [0.15, 0.2) is 4.99 Å². The van der Waals surface area contributed by atoms with Crippen LogP contribution in [0.1, 0.15) is 47.0 Å². The molecule has 2 saturated heterocycles. The van der Waals surface area contributed by atoms with Crippen molar-refractivity contribution >= 4 is 15.8 Å². The van der Waals surface area contributed by atoms with Gasteiger partial charge in [0.2, 0.25) is 0 Å². The zero-order valence-electron chi connectivity index (χ0n) is 15.6. The fourth-order valence-corrected chi connectivity index (χ4v) is 5.21. The van der Waals surface area contributed by atoms with Gasteiger partial charge in [0.25, 0.3) is 0 Å². The third-order valence-corrected chi connectivity index (χ3v) is 6.82. The lowest BCUT2D eigenvalue weighted by molar-refractivity contribution is 0.0774. The van der Waals surface area contributed by atoms with Crippen molar-refractivity contribution in [2.45, 2.75) is 58.5 Å². The van der Waals surface area contributed by atoms with Crippen molar-refractivity contribution in [1.82, 2.24) is 15.5 Å². The van der Waals surface area contributed by atoms with Gasteiger partial charge >= 0.3 is 0 Å². The van der Waals surface area contributed by atoms with Crippen LogP contribution < -0.4 is 10.6 Å². The minimum absolute atomic E-state index is 0.0127. The molecule has 2 atom stereocenters. The molecule has 0 aliphatic carbocycles. The van der Waals surface area contributed by atoms with Crippen LogP contribution in [-0.2, 0) is 9.84 Å². The number of nitrogens with one attached hydrogen (secondary N) is 2. The predicted molar refractivity (Wildman–Crippen MR) is 100 cm³/mol. The lowest BCUT2D eigenvalue weighted by Crippen LogP contribution is -2.51. The number of aliphatic imine (C=N–C) groups is 1. The summed E-state index contributed by atoms with van der Waals surface area (Å²) >= 11 is 0. The molecule has 6 nitrogen and oxygen atoms in total. The van der Waals surface area contributed by atoms with Crippen molar-refractivity contribution in [1.29, 1.82) is 0 Å². The summed E-state index contributed by atoms with van der Waals surface area (Å²) in [5.41, 5.74) is 0.0127. The van der Waals surface area contributed by atoms with Gasteiger partial charge in [0, 0.05) is 24.7 Å². The highest BCUT2D eigenvalue weighted by molar-refractivity contribution is 7.91. The van der Waals surface area contributed by atoms with E-state index in [0.717, 1.165) is 31.5 Å². The van der Waals surface area contributed by atoms with Crippen LogP contribution in [0.5, 0.6) is 0 Å². The van der Waals surface area contributed by atoms with Gasteiger partial charge in [-0.05, 0) is 52.5 Å². The van der Waals surface area contributed by atoms with Crippen molar-refractivity contribution in [2.75, 3.05) is 37.7 Å². The van der Waals surface area contributed by atoms with Crippen LogP contribution in [0.25, 0.3) is 0 Å². The first-order valence-electron chi connectivity index (χ1n) is 9.22. The summed E-state index contributed by atoms with van der Waals surface area (Å²) in [5, 5.41) is 6.54. The zero-order valence-corrected chi connectivity index (χ0v) is 16.5. The van der Waals surface area contributed by atoms with Crippen molar-refractivity contribution < 1.29 is 8.42 Å². The first-order valence-corrected chi connectivity index (χ1v) is 11.0. The Morgan fingerprint density at radius 2 is 2.08 bits per heavy atom. The Balaban J connectivity index is 1.96. The number of hydrogen-bond acceptors (Lipinski definition) is 4. The van der Waals surface area contributed by atoms with Gasteiger partial charge in [0.1, 0.15) is 0 Å². The van der Waals surface area contributed by atoms with Gasteiger partial charge in [-0.1, -0.05) is 6.92 Å². The molecule has 140 valence electrons. The Morgan fingerprint density at radius 3 is 2.67 bits per heavy atom. The van der Waals surface area contributed by atoms with Crippen LogP contribution in [0.3, 0.4) is 0 Å². The summed E-state index contributed by atoms with van der Waals surface area (Å²) in [7, 11) is -2.88. The monoisotopic (exact) mass is 358 g/mol. The third kappa shape index (κ3) is 5.62. The first kappa shape index (κ1) is 19.5. The first-order chi connectivity index (χ1) is 11.2. The smallest absolute Gasteiger partial charge is 0.191 e. The molecule has 0 spiro atoms. The molecule has 0 radical (unpaired) electrons. The molecule has 2 aliphatic heterocycles. The Hall–Kier alpha value is -0.820. The Morgan fingerprint density at radius 1 is 1.33 bits per heavy atom. The number of sulfone groups is 1. The molecule has 2 rings (SSSR count). The van der Waals surface area contributed by atoms with Gasteiger partial charge in [-0.2, -0.15) is 0 Å². The summed E-state index contributed by atoms with van der Waals surface area (Å²) in [5.74, 6) is 1.97. The van der Waals surface area contributed by atoms with Crippen molar-refractivity contribution in [3.8, 4) is 0 Å². The van der Waals surface area contributed by atoms with E-state index in [4.69, 9.17) is 4.99 Å². The summed E-state index contributed by atoms with van der Waals surface area (Å²) in [6.07, 6.45) is 3.24. The fraction of sp³-hybridized carbons (Fsp3) is 0.941. The maximum Gasteiger partial charge on any atom is 0.191 e. The van der Waals surface area contributed by atoms with E-state index in [1.807, 2.05) is 6.92 Å². The number of hydrogen-bond donors (Lipinski definition) is 2. The van der Waals surface area contributed by atoms with E-state index in [1.54, 1.807) is 0 Å². The second-order valence-electron chi connectivity index (χ2n) is 7.95. The quantitative estimate of drug-likeness (QED) is 0.571. The SMILES string of the molecule is CCNC(=NCC(C)(C)N1CCCC(C)C1)NC1CCS(=O)(=O)C1. The molecule has 2 N–H and O–H groups in total. The molecule has 0 saturated carbocycles. The molecular weight excluding hydrogens is 324 g/mol. The van der Waals surface area contributed by atoms with E-state index >= 15 is 0 Å². The lowest BCUT2D eigenvalue weighted by Gasteiger charge is -2.42. The normalized spacial score (nSPS) is 28.8. The van der Waals surface area contributed by atoms with Crippen molar-refractivity contribution in [3.63, 3.8) is 0 Å². The number of guanidine groups is 1. The largest absolute Gasteiger partial charge is 0.357 e. The predicted octanol–water partition coefficient (Wildman–Crippen LogP) is 1.24. The molecule has 0 aromatic carbocycles. The number of rotatable bonds is 5. The van der Waals surface area contributed by atoms with E-state index in [9.17, 15) is 8.42 Å². The molecule has 2 unspecified atom stereocenters. The van der Waals surface area contributed by atoms with Crippen LogP contribution in [0, 0.1) is 5.92 Å². The Kier molecular flexibility index (Phi) is 6.53. The molecule has 0 aromatic heterocycles. The summed E-state index contributed by atoms with van der Waals surface area (Å²) in [6, 6.07) is -0.0223. The molecule has 7 heteroatoms. The molecule has 2 aliphatic rings. The van der Waals surface area contributed by atoms with Crippen LogP contribution in [-0.4, -0.2) is 68.5 Å². The minimum atomic E-state index is -2.88. The number of piperidine rings is 1. The van der Waals surface area contributed by atoms with Crippen LogP contribution >= 0.6 is 0 Å². The highest BCUT2D eigenvalue weighted by Crippen LogP contribution is 2.24. The number of likely N-dealkylation sites (tertiary alicyclic amines) is 1. The van der Waals surface area contributed by atoms with Crippen molar-refractivity contribution in [3.05, 3.63) is 0 Å². The second-order valence-corrected chi connectivity index (χ2v) is 10.2. The van der Waals surface area contributed by atoms with E-state index in [0.29, 0.717) is 13.0 Å².